The molecule has 0 bridgehead atoms. The highest BCUT2D eigenvalue weighted by Gasteiger charge is 1.70. The summed E-state index contributed by atoms with van der Waals surface area (Å²) in [6, 6.07) is 0. The Balaban J connectivity index is 2.66. The molecule has 0 amide bonds. The van der Waals surface area contributed by atoms with E-state index < -0.39 is 0 Å². The van der Waals surface area contributed by atoms with E-state index in [4.69, 9.17) is 0 Å². The molecule has 1 rings (SSSR count). The lowest BCUT2D eigenvalue weighted by Crippen LogP contribution is -1.79. The maximum absolute atomic E-state index is 3.81. The van der Waals surface area contributed by atoms with Crippen molar-refractivity contribution in [2.75, 3.05) is 0 Å². The highest BCUT2D eigenvalue weighted by Crippen LogP contribution is 2.03. The Morgan fingerprint density at radius 2 is 2.57 bits per heavy atom. The second-order valence-corrected chi connectivity index (χ2v) is 1.20. The van der Waals surface area contributed by atoms with Gasteiger partial charge in [-0.1, -0.05) is 0 Å². The summed E-state index contributed by atoms with van der Waals surface area (Å²) in [5, 5.41) is 3.81. The molecule has 0 aromatic carbocycles. The first kappa shape index (κ1) is 4.12. The summed E-state index contributed by atoms with van der Waals surface area (Å²) in [6.45, 7) is 3.55. The Bertz CT molecular complexity index is 133. The van der Waals surface area contributed by atoms with Gasteiger partial charge in [0.1, 0.15) is 0 Å². The summed E-state index contributed by atoms with van der Waals surface area (Å²) in [5.74, 6) is 0. The van der Waals surface area contributed by atoms with Crippen LogP contribution in [0.3, 0.4) is 0 Å². The van der Waals surface area contributed by atoms with Crippen molar-refractivity contribution in [2.24, 2.45) is 4.99 Å². The molecule has 0 saturated carbocycles. The van der Waals surface area contributed by atoms with Gasteiger partial charge >= 0.3 is 0 Å². The summed E-state index contributed by atoms with van der Waals surface area (Å²) in [4.78, 5) is 3.76. The van der Waals surface area contributed by atoms with E-state index in [-0.39, 0.29) is 0 Å². The second-order valence-electron chi connectivity index (χ2n) is 1.20. The predicted octanol–water partition coefficient (Wildman–Crippen LogP) is 1.43. The van der Waals surface area contributed by atoms with Gasteiger partial charge in [-0.3, -0.25) is 4.99 Å². The van der Waals surface area contributed by atoms with Crippen LogP contribution in [0.1, 0.15) is 0 Å². The Morgan fingerprint density at radius 1 is 1.71 bits per heavy atom. The number of hydrogen-bond acceptors (Lipinski definition) is 1. The Morgan fingerprint density at radius 3 is 2.86 bits per heavy atom. The van der Waals surface area contributed by atoms with E-state index in [1.165, 1.54) is 0 Å². The molecule has 0 spiro atoms. The van der Waals surface area contributed by atoms with Crippen LogP contribution in [0.2, 0.25) is 0 Å². The summed E-state index contributed by atoms with van der Waals surface area (Å²) >= 11 is 0. The highest BCUT2D eigenvalue weighted by atomic mass is 14.9. The Labute approximate surface area is 42.3 Å². The molecule has 1 heterocycles. The first-order chi connectivity index (χ1) is 3.39. The van der Waals surface area contributed by atoms with Crippen LogP contribution in [0.25, 0.3) is 5.32 Å². The van der Waals surface area contributed by atoms with Crippen LogP contribution in [0.15, 0.2) is 29.7 Å². The highest BCUT2D eigenvalue weighted by molar-refractivity contribution is 5.83. The van der Waals surface area contributed by atoms with Crippen LogP contribution in [0.5, 0.6) is 0 Å². The maximum Gasteiger partial charge on any atom is 0.0114 e. The molecule has 0 fully saturated rings. The summed E-state index contributed by atoms with van der Waals surface area (Å²) < 4.78 is 0. The molecule has 0 unspecified atom stereocenters. The average Bonchev–Trinajstić information content (AvgIpc) is 1.69. The van der Waals surface area contributed by atoms with E-state index in [2.05, 4.69) is 16.9 Å². The van der Waals surface area contributed by atoms with E-state index >= 15 is 0 Å². The predicted molar refractivity (Wildman–Crippen MR) is 30.1 cm³/mol. The molecule has 2 nitrogen and oxygen atoms in total. The molecule has 1 aliphatic rings. The molecule has 0 N–H and O–H groups in total. The van der Waals surface area contributed by atoms with Crippen LogP contribution < -0.4 is 0 Å². The van der Waals surface area contributed by atoms with Gasteiger partial charge in [-0.15, -0.1) is 12.3 Å². The summed E-state index contributed by atoms with van der Waals surface area (Å²) in [5.41, 5.74) is 0.711. The standard InChI is InChI=1S/C5H5N2/c1-5-4-6-2-3-7-5/h2-4H,1H2/q-1. The molecular formula is C5H5N2-. The molecule has 36 valence electrons. The minimum absolute atomic E-state index is 0.711. The molecule has 7 heavy (non-hydrogen) atoms. The summed E-state index contributed by atoms with van der Waals surface area (Å²) in [7, 11) is 0. The fourth-order valence-corrected chi connectivity index (χ4v) is 0.330. The van der Waals surface area contributed by atoms with Crippen molar-refractivity contribution in [3.05, 3.63) is 30.0 Å². The minimum atomic E-state index is 0.711. The average molecular weight is 93.1 g/mol. The van der Waals surface area contributed by atoms with Crippen molar-refractivity contribution in [1.82, 2.24) is 0 Å². The van der Waals surface area contributed by atoms with Crippen molar-refractivity contribution >= 4 is 6.21 Å². The molecule has 2 heteroatoms. The molecule has 0 saturated heterocycles. The number of allylic oxidation sites excluding steroid dienone is 1. The van der Waals surface area contributed by atoms with Crippen LogP contribution in [-0.4, -0.2) is 6.21 Å². The van der Waals surface area contributed by atoms with Gasteiger partial charge in [0.2, 0.25) is 0 Å². The number of rotatable bonds is 0. The lowest BCUT2D eigenvalue weighted by atomic mass is 10.5. The summed E-state index contributed by atoms with van der Waals surface area (Å²) in [6.07, 6.45) is 4.84. The van der Waals surface area contributed by atoms with Gasteiger partial charge in [0.25, 0.3) is 0 Å². The zero-order valence-electron chi connectivity index (χ0n) is 3.83. The van der Waals surface area contributed by atoms with Gasteiger partial charge in [-0.25, -0.2) is 0 Å². The largest absolute Gasteiger partial charge is 0.662 e. The SMILES string of the molecule is C=C1C=NC=C[N-]1. The van der Waals surface area contributed by atoms with Gasteiger partial charge in [-0.2, -0.15) is 6.20 Å². The van der Waals surface area contributed by atoms with E-state index in [0.717, 1.165) is 0 Å². The van der Waals surface area contributed by atoms with Gasteiger partial charge in [0, 0.05) is 12.4 Å². The van der Waals surface area contributed by atoms with Crippen LogP contribution in [0.4, 0.5) is 0 Å². The zero-order chi connectivity index (χ0) is 5.11. The lowest BCUT2D eigenvalue weighted by molar-refractivity contribution is 1.50. The van der Waals surface area contributed by atoms with Gasteiger partial charge in [-0.05, 0) is 0 Å². The first-order valence-corrected chi connectivity index (χ1v) is 1.97. The quantitative estimate of drug-likeness (QED) is 0.433. The normalized spacial score (nSPS) is 16.9. The molecule has 0 aliphatic carbocycles. The van der Waals surface area contributed by atoms with Gasteiger partial charge in [0.05, 0.1) is 0 Å². The monoisotopic (exact) mass is 93.0 g/mol. The third kappa shape index (κ3) is 0.892. The van der Waals surface area contributed by atoms with E-state index in [9.17, 15) is 0 Å². The smallest absolute Gasteiger partial charge is 0.0114 e. The van der Waals surface area contributed by atoms with Crippen LogP contribution in [-0.2, 0) is 0 Å². The van der Waals surface area contributed by atoms with Crippen molar-refractivity contribution in [3.8, 4) is 0 Å². The zero-order valence-corrected chi connectivity index (χ0v) is 3.83. The van der Waals surface area contributed by atoms with Gasteiger partial charge < -0.3 is 5.32 Å². The van der Waals surface area contributed by atoms with Crippen molar-refractivity contribution < 1.29 is 0 Å². The molecule has 1 aliphatic heterocycles. The molecular weight excluding hydrogens is 88.1 g/mol. The fraction of sp³-hybridized carbons (Fsp3) is 0. The number of hydrogen-bond donors (Lipinski definition) is 0. The number of nitrogens with zero attached hydrogens (tertiary/aromatic N) is 2. The lowest BCUT2D eigenvalue weighted by Gasteiger charge is -2.16. The maximum atomic E-state index is 3.81. The third-order valence-electron chi connectivity index (χ3n) is 0.617. The first-order valence-electron chi connectivity index (χ1n) is 1.97. The van der Waals surface area contributed by atoms with Crippen molar-refractivity contribution in [3.63, 3.8) is 0 Å². The van der Waals surface area contributed by atoms with E-state index in [0.29, 0.717) is 5.70 Å². The van der Waals surface area contributed by atoms with Gasteiger partial charge in [0.15, 0.2) is 0 Å². The Kier molecular flexibility index (Phi) is 0.941. The molecule has 0 aromatic heterocycles. The second kappa shape index (κ2) is 1.60. The minimum Gasteiger partial charge on any atom is -0.662 e. The Hall–Kier alpha value is -1.05. The van der Waals surface area contributed by atoms with Crippen LogP contribution >= 0.6 is 0 Å². The van der Waals surface area contributed by atoms with E-state index in [1.807, 2.05) is 0 Å². The molecule has 0 radical (unpaired) electrons. The molecule has 0 atom stereocenters. The van der Waals surface area contributed by atoms with Crippen molar-refractivity contribution in [1.29, 1.82) is 0 Å². The third-order valence-corrected chi connectivity index (χ3v) is 0.617. The number of aliphatic imine (C=N–C) groups is 1. The fourth-order valence-electron chi connectivity index (χ4n) is 0.330. The van der Waals surface area contributed by atoms with Crippen LogP contribution in [0, 0.1) is 0 Å². The topological polar surface area (TPSA) is 26.5 Å². The van der Waals surface area contributed by atoms with E-state index in [1.54, 1.807) is 18.6 Å². The molecule has 0 aromatic rings. The van der Waals surface area contributed by atoms with Crippen molar-refractivity contribution in [2.45, 2.75) is 0 Å².